The third-order valence-electron chi connectivity index (χ3n) is 5.93. The van der Waals surface area contributed by atoms with Crippen molar-refractivity contribution in [2.75, 3.05) is 13.2 Å². The highest BCUT2D eigenvalue weighted by Gasteiger charge is 2.13. The lowest BCUT2D eigenvalue weighted by atomic mass is 10.0. The van der Waals surface area contributed by atoms with Crippen molar-refractivity contribution in [2.45, 2.75) is 33.4 Å². The van der Waals surface area contributed by atoms with Crippen LogP contribution < -0.4 is 10.7 Å². The van der Waals surface area contributed by atoms with E-state index in [0.29, 0.717) is 5.36 Å². The lowest BCUT2D eigenvalue weighted by molar-refractivity contribution is -0.142. The van der Waals surface area contributed by atoms with Crippen LogP contribution >= 0.6 is 0 Å². The van der Waals surface area contributed by atoms with E-state index in [2.05, 4.69) is 71.4 Å². The van der Waals surface area contributed by atoms with Gasteiger partial charge in [-0.25, -0.2) is 4.79 Å². The van der Waals surface area contributed by atoms with Crippen LogP contribution in [0.5, 0.6) is 0 Å². The predicted molar refractivity (Wildman–Crippen MR) is 131 cm³/mol. The van der Waals surface area contributed by atoms with E-state index in [1.54, 1.807) is 0 Å². The molecule has 33 heavy (non-hydrogen) atoms. The summed E-state index contributed by atoms with van der Waals surface area (Å²) in [5, 5.41) is 19.3. The molecule has 0 aliphatic rings. The Kier molecular flexibility index (Phi) is 7.05. The Morgan fingerprint density at radius 1 is 1.00 bits per heavy atom. The van der Waals surface area contributed by atoms with Crippen LogP contribution in [0.3, 0.4) is 0 Å². The molecule has 0 fully saturated rings. The predicted octanol–water partition coefficient (Wildman–Crippen LogP) is 4.51. The summed E-state index contributed by atoms with van der Waals surface area (Å²) in [6.45, 7) is 6.36. The second-order valence-electron chi connectivity index (χ2n) is 8.20. The number of hydrogen-bond donors (Lipinski definition) is 2. The summed E-state index contributed by atoms with van der Waals surface area (Å²) in [4.78, 5) is 16.1. The molecule has 0 amide bonds. The topological polar surface area (TPSA) is 75.8 Å². The quantitative estimate of drug-likeness (QED) is 0.227. The molecule has 6 nitrogen and oxygen atoms in total. The first-order valence-electron chi connectivity index (χ1n) is 11.2. The summed E-state index contributed by atoms with van der Waals surface area (Å²) in [5.74, 6) is -1.05. The van der Waals surface area contributed by atoms with Gasteiger partial charge in [-0.05, 0) is 49.6 Å². The number of carboxylic acids is 1. The van der Waals surface area contributed by atoms with Gasteiger partial charge in [0.2, 0.25) is 6.61 Å². The highest BCUT2D eigenvalue weighted by atomic mass is 16.6. The van der Waals surface area contributed by atoms with E-state index < -0.39 is 12.6 Å². The molecule has 6 heteroatoms. The molecule has 170 valence electrons. The van der Waals surface area contributed by atoms with Crippen molar-refractivity contribution >= 4 is 27.8 Å². The van der Waals surface area contributed by atoms with Crippen molar-refractivity contribution in [3.8, 4) is 0 Å². The number of para-hydroxylation sites is 1. The summed E-state index contributed by atoms with van der Waals surface area (Å²) in [6.07, 6.45) is 0.968. The van der Waals surface area contributed by atoms with Gasteiger partial charge in [-0.2, -0.15) is 0 Å². The number of aryl methyl sites for hydroxylation is 3. The average molecular weight is 444 g/mol. The molecule has 4 rings (SSSR count). The van der Waals surface area contributed by atoms with Crippen LogP contribution in [0.15, 0.2) is 71.9 Å². The van der Waals surface area contributed by atoms with Crippen LogP contribution in [-0.2, 0) is 22.7 Å². The van der Waals surface area contributed by atoms with Crippen molar-refractivity contribution in [3.05, 3.63) is 88.8 Å². The number of aliphatic carboxylic acids is 1. The molecule has 0 saturated carbocycles. The monoisotopic (exact) mass is 443 g/mol. The van der Waals surface area contributed by atoms with Crippen molar-refractivity contribution < 1.29 is 14.7 Å². The van der Waals surface area contributed by atoms with Crippen molar-refractivity contribution in [2.24, 2.45) is 5.16 Å². The van der Waals surface area contributed by atoms with Crippen LogP contribution in [0.25, 0.3) is 21.8 Å². The molecular weight excluding hydrogens is 414 g/mol. The van der Waals surface area contributed by atoms with E-state index in [-0.39, 0.29) is 0 Å². The third-order valence-corrected chi connectivity index (χ3v) is 5.93. The van der Waals surface area contributed by atoms with Crippen molar-refractivity contribution in [1.82, 2.24) is 9.88 Å². The van der Waals surface area contributed by atoms with Gasteiger partial charge >= 0.3 is 5.97 Å². The van der Waals surface area contributed by atoms with Gasteiger partial charge in [0.1, 0.15) is 5.36 Å². The SMILES string of the molecule is Cc1ccc2/c(=N/OCC(=O)O)c3ccccc3n(CCCNCc3ccccc3)c2c1C. The Morgan fingerprint density at radius 3 is 2.55 bits per heavy atom. The van der Waals surface area contributed by atoms with E-state index >= 15 is 0 Å². The second kappa shape index (κ2) is 10.3. The second-order valence-corrected chi connectivity index (χ2v) is 8.20. The molecule has 0 unspecified atom stereocenters. The van der Waals surface area contributed by atoms with Crippen LogP contribution in [0.2, 0.25) is 0 Å². The zero-order valence-corrected chi connectivity index (χ0v) is 19.0. The number of rotatable bonds is 9. The van der Waals surface area contributed by atoms with Gasteiger partial charge in [0.15, 0.2) is 0 Å². The molecule has 0 atom stereocenters. The van der Waals surface area contributed by atoms with E-state index in [4.69, 9.17) is 9.94 Å². The molecule has 0 saturated heterocycles. The number of nitrogens with one attached hydrogen (secondary N) is 1. The number of fused-ring (bicyclic) bond motifs is 2. The fourth-order valence-corrected chi connectivity index (χ4v) is 4.19. The molecule has 1 aromatic heterocycles. The zero-order valence-electron chi connectivity index (χ0n) is 19.0. The standard InChI is InChI=1S/C27H29N3O3/c1-19-13-14-23-26(29-33-18-25(31)32)22-11-6-7-12-24(22)30(27(23)20(19)2)16-8-15-28-17-21-9-4-3-5-10-21/h3-7,9-14,28H,8,15-18H2,1-2H3,(H,31,32)/b29-26+. The van der Waals surface area contributed by atoms with E-state index in [0.717, 1.165) is 47.9 Å². The first kappa shape index (κ1) is 22.6. The summed E-state index contributed by atoms with van der Waals surface area (Å²) < 4.78 is 2.35. The van der Waals surface area contributed by atoms with E-state index in [9.17, 15) is 4.79 Å². The number of pyridine rings is 1. The molecule has 2 N–H and O–H groups in total. The number of carbonyl (C=O) groups is 1. The molecule has 0 bridgehead atoms. The largest absolute Gasteiger partial charge is 0.479 e. The van der Waals surface area contributed by atoms with Crippen LogP contribution in [-0.4, -0.2) is 28.8 Å². The minimum atomic E-state index is -1.05. The molecule has 4 aromatic rings. The number of carboxylic acid groups (broad SMARTS) is 1. The lowest BCUT2D eigenvalue weighted by Crippen LogP contribution is -2.19. The molecular formula is C27H29N3O3. The van der Waals surface area contributed by atoms with Gasteiger partial charge < -0.3 is 19.8 Å². The Bertz CT molecular complexity index is 1340. The smallest absolute Gasteiger partial charge is 0.344 e. The van der Waals surface area contributed by atoms with Crippen molar-refractivity contribution in [3.63, 3.8) is 0 Å². The van der Waals surface area contributed by atoms with Crippen LogP contribution in [0, 0.1) is 13.8 Å². The Hall–Kier alpha value is -3.64. The maximum Gasteiger partial charge on any atom is 0.344 e. The van der Waals surface area contributed by atoms with Gasteiger partial charge in [0, 0.05) is 23.9 Å². The molecule has 0 spiro atoms. The van der Waals surface area contributed by atoms with Crippen LogP contribution in [0.4, 0.5) is 0 Å². The molecule has 0 radical (unpaired) electrons. The van der Waals surface area contributed by atoms with Gasteiger partial charge in [-0.15, -0.1) is 0 Å². The van der Waals surface area contributed by atoms with Crippen molar-refractivity contribution in [1.29, 1.82) is 0 Å². The van der Waals surface area contributed by atoms with Gasteiger partial charge in [-0.3, -0.25) is 0 Å². The van der Waals surface area contributed by atoms with Crippen LogP contribution in [0.1, 0.15) is 23.1 Å². The highest BCUT2D eigenvalue weighted by Crippen LogP contribution is 2.25. The lowest BCUT2D eigenvalue weighted by Gasteiger charge is -2.19. The molecule has 0 aliphatic carbocycles. The Balaban J connectivity index is 1.70. The van der Waals surface area contributed by atoms with E-state index in [1.165, 1.54) is 16.7 Å². The first-order chi connectivity index (χ1) is 16.1. The van der Waals surface area contributed by atoms with Gasteiger partial charge in [0.05, 0.1) is 11.0 Å². The maximum absolute atomic E-state index is 10.9. The normalized spacial score (nSPS) is 11.9. The Labute approximate surface area is 193 Å². The average Bonchev–Trinajstić information content (AvgIpc) is 2.82. The maximum atomic E-state index is 10.9. The Morgan fingerprint density at radius 2 is 1.76 bits per heavy atom. The fourth-order valence-electron chi connectivity index (χ4n) is 4.19. The number of nitrogens with zero attached hydrogens (tertiary/aromatic N) is 2. The summed E-state index contributed by atoms with van der Waals surface area (Å²) in [7, 11) is 0. The first-order valence-corrected chi connectivity index (χ1v) is 11.2. The number of benzene rings is 3. The number of hydrogen-bond acceptors (Lipinski definition) is 4. The minimum absolute atomic E-state index is 0.470. The fraction of sp³-hybridized carbons (Fsp3) is 0.259. The minimum Gasteiger partial charge on any atom is -0.479 e. The summed E-state index contributed by atoms with van der Waals surface area (Å²) in [5.41, 5.74) is 5.82. The molecule has 3 aromatic carbocycles. The third kappa shape index (κ3) is 5.07. The van der Waals surface area contributed by atoms with E-state index in [1.807, 2.05) is 24.3 Å². The molecule has 0 aliphatic heterocycles. The van der Waals surface area contributed by atoms with Gasteiger partial charge in [-0.1, -0.05) is 65.8 Å². The molecule has 1 heterocycles. The summed E-state index contributed by atoms with van der Waals surface area (Å²) in [6, 6.07) is 22.6. The number of aromatic nitrogens is 1. The highest BCUT2D eigenvalue weighted by molar-refractivity contribution is 5.95. The van der Waals surface area contributed by atoms with Gasteiger partial charge in [0.25, 0.3) is 0 Å². The zero-order chi connectivity index (χ0) is 23.2. The summed E-state index contributed by atoms with van der Waals surface area (Å²) >= 11 is 0.